The van der Waals surface area contributed by atoms with Crippen molar-refractivity contribution in [1.29, 1.82) is 5.26 Å². The molecule has 0 atom stereocenters. The molecule has 2 aliphatic heterocycles. The van der Waals surface area contributed by atoms with E-state index >= 15 is 0 Å². The van der Waals surface area contributed by atoms with Crippen molar-refractivity contribution in [2.45, 2.75) is 81.8 Å². The summed E-state index contributed by atoms with van der Waals surface area (Å²) in [6, 6.07) is 6.17. The average Bonchev–Trinajstić information content (AvgIpc) is 3.70. The van der Waals surface area contributed by atoms with Crippen LogP contribution in [0.4, 0.5) is 13.2 Å². The Morgan fingerprint density at radius 2 is 1.87 bits per heavy atom. The van der Waals surface area contributed by atoms with Gasteiger partial charge in [-0.25, -0.2) is 15.0 Å². The highest BCUT2D eigenvalue weighted by molar-refractivity contribution is 5.90. The molecule has 0 radical (unpaired) electrons. The third-order valence-corrected chi connectivity index (χ3v) is 9.39. The molecule has 1 saturated carbocycles. The number of piperidine rings is 1. The number of ether oxygens (including phenoxy) is 1. The number of fused-ring (bicyclic) bond motifs is 1. The van der Waals surface area contributed by atoms with E-state index in [0.717, 1.165) is 67.5 Å². The fourth-order valence-corrected chi connectivity index (χ4v) is 7.05. The second kappa shape index (κ2) is 12.0. The fourth-order valence-electron chi connectivity index (χ4n) is 7.05. The zero-order chi connectivity index (χ0) is 31.0. The van der Waals surface area contributed by atoms with Crippen molar-refractivity contribution < 1.29 is 17.9 Å². The fraction of sp³-hybridized carbons (Fsp3) is 0.548. The van der Waals surface area contributed by atoms with E-state index in [1.807, 2.05) is 23.1 Å². The molecule has 11 nitrogen and oxygen atoms in total. The van der Waals surface area contributed by atoms with Crippen LogP contribution < -0.4 is 4.74 Å². The highest BCUT2D eigenvalue weighted by Crippen LogP contribution is 2.39. The number of aromatic nitrogens is 7. The molecule has 4 aromatic heterocycles. The van der Waals surface area contributed by atoms with Gasteiger partial charge in [-0.2, -0.15) is 28.5 Å². The molecule has 3 aliphatic rings. The maximum absolute atomic E-state index is 13.6. The van der Waals surface area contributed by atoms with Crippen LogP contribution in [0.3, 0.4) is 0 Å². The number of nitrogens with zero attached hydrogens (tertiary/aromatic N) is 9. The number of rotatable bonds is 8. The van der Waals surface area contributed by atoms with Crippen molar-refractivity contribution in [3.05, 3.63) is 48.6 Å². The van der Waals surface area contributed by atoms with Crippen LogP contribution in [0.2, 0.25) is 0 Å². The summed E-state index contributed by atoms with van der Waals surface area (Å²) >= 11 is 0. The normalized spacial score (nSPS) is 22.6. The van der Waals surface area contributed by atoms with E-state index in [1.165, 1.54) is 6.33 Å². The van der Waals surface area contributed by atoms with Gasteiger partial charge in [0.25, 0.3) is 0 Å². The summed E-state index contributed by atoms with van der Waals surface area (Å²) < 4.78 is 48.9. The van der Waals surface area contributed by atoms with Crippen molar-refractivity contribution in [3.63, 3.8) is 0 Å². The van der Waals surface area contributed by atoms with Crippen molar-refractivity contribution in [2.75, 3.05) is 26.2 Å². The number of hydrogen-bond donors (Lipinski definition) is 1. The second-order valence-electron chi connectivity index (χ2n) is 12.5. The largest absolute Gasteiger partial charge is 0.474 e. The topological polar surface area (TPSA) is 125 Å². The lowest BCUT2D eigenvalue weighted by Crippen LogP contribution is -2.65. The molecule has 2 saturated heterocycles. The van der Waals surface area contributed by atoms with Gasteiger partial charge >= 0.3 is 6.18 Å². The summed E-state index contributed by atoms with van der Waals surface area (Å²) in [7, 11) is 0. The predicted octanol–water partition coefficient (Wildman–Crippen LogP) is 4.93. The van der Waals surface area contributed by atoms with Crippen molar-refractivity contribution in [3.8, 4) is 23.2 Å². The molecule has 1 N–H and O–H groups in total. The molecule has 14 heteroatoms. The summed E-state index contributed by atoms with van der Waals surface area (Å²) in [6.45, 7) is 3.47. The quantitative estimate of drug-likeness (QED) is 0.292. The molecule has 6 heterocycles. The molecule has 0 bridgehead atoms. The van der Waals surface area contributed by atoms with Crippen LogP contribution in [-0.2, 0) is 18.3 Å². The van der Waals surface area contributed by atoms with Crippen LogP contribution in [0.25, 0.3) is 22.3 Å². The Balaban J connectivity index is 0.981. The number of nitrogens with one attached hydrogen (secondary N) is 1. The van der Waals surface area contributed by atoms with E-state index in [-0.39, 0.29) is 12.0 Å². The molecule has 3 fully saturated rings. The number of aromatic amines is 1. The molecule has 45 heavy (non-hydrogen) atoms. The van der Waals surface area contributed by atoms with Gasteiger partial charge in [0.05, 0.1) is 30.1 Å². The number of likely N-dealkylation sites (tertiary alicyclic amines) is 2. The SMILES string of the molecule is N#CCC1(n2cc(-c3ncnc4[nH]ccc34)cn2)CN([C@H]2CC[C@@H](Oc3cc(CN4CCCCC4)nc(C(F)(F)F)n3)CC2)C1. The Labute approximate surface area is 258 Å². The maximum Gasteiger partial charge on any atom is 0.451 e. The molecule has 0 spiro atoms. The molecule has 0 amide bonds. The number of nitriles is 1. The van der Waals surface area contributed by atoms with Crippen LogP contribution in [0.1, 0.15) is 62.9 Å². The van der Waals surface area contributed by atoms with Gasteiger partial charge in [-0.05, 0) is 57.7 Å². The van der Waals surface area contributed by atoms with Crippen LogP contribution in [-0.4, -0.2) is 82.8 Å². The number of hydrogen-bond acceptors (Lipinski definition) is 9. The highest BCUT2D eigenvalue weighted by Gasteiger charge is 2.48. The highest BCUT2D eigenvalue weighted by atomic mass is 19.4. The Morgan fingerprint density at radius 1 is 1.07 bits per heavy atom. The molecule has 7 rings (SSSR count). The van der Waals surface area contributed by atoms with E-state index in [9.17, 15) is 18.4 Å². The molecule has 0 unspecified atom stereocenters. The second-order valence-corrected chi connectivity index (χ2v) is 12.5. The van der Waals surface area contributed by atoms with Gasteiger partial charge in [0.15, 0.2) is 0 Å². The van der Waals surface area contributed by atoms with Crippen molar-refractivity contribution >= 4 is 11.0 Å². The van der Waals surface area contributed by atoms with Gasteiger partial charge in [-0.15, -0.1) is 0 Å². The monoisotopic (exact) mass is 620 g/mol. The van der Waals surface area contributed by atoms with Gasteiger partial charge in [0.1, 0.15) is 23.6 Å². The maximum atomic E-state index is 13.6. The third-order valence-electron chi connectivity index (χ3n) is 9.39. The van der Waals surface area contributed by atoms with E-state index in [4.69, 9.17) is 4.74 Å². The molecular formula is C31H35F3N10O. The molecule has 1 aliphatic carbocycles. The number of H-pyrrole nitrogens is 1. The lowest BCUT2D eigenvalue weighted by atomic mass is 9.82. The summed E-state index contributed by atoms with van der Waals surface area (Å²) in [5.74, 6) is -1.14. The summed E-state index contributed by atoms with van der Waals surface area (Å²) in [6.07, 6.45) is 8.95. The first kappa shape index (κ1) is 29.6. The van der Waals surface area contributed by atoms with Crippen LogP contribution in [0.15, 0.2) is 37.1 Å². The number of halogens is 3. The summed E-state index contributed by atoms with van der Waals surface area (Å²) in [5, 5.41) is 15.3. The van der Waals surface area contributed by atoms with Gasteiger partial charge in [-0.3, -0.25) is 14.5 Å². The molecule has 4 aromatic rings. The van der Waals surface area contributed by atoms with E-state index < -0.39 is 17.5 Å². The Morgan fingerprint density at radius 3 is 2.62 bits per heavy atom. The minimum Gasteiger partial charge on any atom is -0.474 e. The van der Waals surface area contributed by atoms with Crippen LogP contribution in [0, 0.1) is 11.3 Å². The molecule has 0 aromatic carbocycles. The van der Waals surface area contributed by atoms with Gasteiger partial charge < -0.3 is 9.72 Å². The zero-order valence-corrected chi connectivity index (χ0v) is 24.9. The van der Waals surface area contributed by atoms with Crippen molar-refractivity contribution in [1.82, 2.24) is 44.5 Å². The molecular weight excluding hydrogens is 585 g/mol. The standard InChI is InChI=1S/C31H35F3N10O/c32-31(33,34)29-40-22(17-42-12-2-1-3-13-42)14-26(41-29)45-24-6-4-23(5-7-24)43-18-30(19-43,9-10-35)44-16-21(15-39-44)27-25-8-11-36-28(25)38-20-37-27/h8,11,14-16,20,23-24H,1-7,9,12-13,17-19H2,(H,36,37,38)/t23-,24+. The Hall–Kier alpha value is -4.09. The predicted molar refractivity (Wildman–Crippen MR) is 158 cm³/mol. The summed E-state index contributed by atoms with van der Waals surface area (Å²) in [5.41, 5.74) is 2.33. The first-order valence-electron chi connectivity index (χ1n) is 15.6. The van der Waals surface area contributed by atoms with E-state index in [0.29, 0.717) is 50.6 Å². The summed E-state index contributed by atoms with van der Waals surface area (Å²) in [4.78, 5) is 23.9. The first-order valence-corrected chi connectivity index (χ1v) is 15.6. The molecule has 236 valence electrons. The first-order chi connectivity index (χ1) is 21.8. The minimum atomic E-state index is -4.64. The van der Waals surface area contributed by atoms with E-state index in [2.05, 4.69) is 45.9 Å². The van der Waals surface area contributed by atoms with E-state index in [1.54, 1.807) is 12.3 Å². The van der Waals surface area contributed by atoms with Gasteiger partial charge in [-0.1, -0.05) is 6.42 Å². The van der Waals surface area contributed by atoms with Crippen molar-refractivity contribution in [2.24, 2.45) is 0 Å². The van der Waals surface area contributed by atoms with Crippen LogP contribution in [0.5, 0.6) is 5.88 Å². The third kappa shape index (κ3) is 6.11. The Kier molecular flexibility index (Phi) is 7.91. The lowest BCUT2D eigenvalue weighted by Gasteiger charge is -2.53. The average molecular weight is 621 g/mol. The van der Waals surface area contributed by atoms with Crippen LogP contribution >= 0.6 is 0 Å². The smallest absolute Gasteiger partial charge is 0.451 e. The van der Waals surface area contributed by atoms with Gasteiger partial charge in [0, 0.05) is 55.1 Å². The zero-order valence-electron chi connectivity index (χ0n) is 24.9. The minimum absolute atomic E-state index is 0.000129. The lowest BCUT2D eigenvalue weighted by molar-refractivity contribution is -0.145. The number of alkyl halides is 3. The Bertz CT molecular complexity index is 1670. The van der Waals surface area contributed by atoms with Gasteiger partial charge in [0.2, 0.25) is 11.7 Å².